The molecule has 0 aromatic carbocycles. The van der Waals surface area contributed by atoms with E-state index < -0.39 is 0 Å². The topological polar surface area (TPSA) is 25.8 Å². The number of fused-ring (bicyclic) bond motifs is 1. The summed E-state index contributed by atoms with van der Waals surface area (Å²) in [6, 6.07) is 0. The van der Waals surface area contributed by atoms with Gasteiger partial charge in [-0.25, -0.2) is 0 Å². The molecule has 1 aromatic rings. The molecule has 1 aliphatic carbocycles. The third-order valence-electron chi connectivity index (χ3n) is 3.32. The Hall–Kier alpha value is -1.18. The maximum atomic E-state index is 4.33. The molecule has 2 heteroatoms. The minimum absolute atomic E-state index is 0.125. The van der Waals surface area contributed by atoms with Crippen molar-refractivity contribution in [1.29, 1.82) is 0 Å². The maximum Gasteiger partial charge on any atom is 0.0761 e. The van der Waals surface area contributed by atoms with Crippen LogP contribution in [-0.2, 0) is 5.41 Å². The highest BCUT2D eigenvalue weighted by Crippen LogP contribution is 2.21. The van der Waals surface area contributed by atoms with Crippen LogP contribution in [0.3, 0.4) is 0 Å². The lowest BCUT2D eigenvalue weighted by atomic mass is 9.84. The summed E-state index contributed by atoms with van der Waals surface area (Å²) in [4.78, 5) is 0. The van der Waals surface area contributed by atoms with Crippen molar-refractivity contribution in [3.8, 4) is 0 Å². The summed E-state index contributed by atoms with van der Waals surface area (Å²) in [6.45, 7) is 6.67. The van der Waals surface area contributed by atoms with E-state index in [0.717, 1.165) is 25.0 Å². The molecule has 0 amide bonds. The van der Waals surface area contributed by atoms with Crippen molar-refractivity contribution in [1.82, 2.24) is 10.2 Å². The molecule has 0 N–H and O–H groups in total. The summed E-state index contributed by atoms with van der Waals surface area (Å²) in [6.07, 6.45) is 9.79. The van der Waals surface area contributed by atoms with Crippen LogP contribution in [0.2, 0.25) is 0 Å². The predicted octanol–water partition coefficient (Wildman–Crippen LogP) is 1.52. The van der Waals surface area contributed by atoms with Gasteiger partial charge < -0.3 is 0 Å². The molecule has 1 heterocycles. The lowest BCUT2D eigenvalue weighted by Gasteiger charge is -2.22. The van der Waals surface area contributed by atoms with E-state index in [1.807, 2.05) is 6.20 Å². The van der Waals surface area contributed by atoms with Crippen LogP contribution in [0.25, 0.3) is 12.2 Å². The first-order valence-electron chi connectivity index (χ1n) is 5.67. The monoisotopic (exact) mass is 202 g/mol. The third-order valence-corrected chi connectivity index (χ3v) is 3.32. The summed E-state index contributed by atoms with van der Waals surface area (Å²) in [5.74, 6) is 0. The fourth-order valence-electron chi connectivity index (χ4n) is 1.92. The molecule has 0 unspecified atom stereocenters. The van der Waals surface area contributed by atoms with E-state index in [9.17, 15) is 0 Å². The lowest BCUT2D eigenvalue weighted by molar-refractivity contribution is 0.478. The molecule has 2 rings (SSSR count). The number of rotatable bonds is 2. The molecule has 0 radical (unpaired) electrons. The number of nitrogens with zero attached hydrogens (tertiary/aromatic N) is 2. The molecule has 1 aromatic heterocycles. The third kappa shape index (κ3) is 1.81. The zero-order valence-corrected chi connectivity index (χ0v) is 9.75. The van der Waals surface area contributed by atoms with Gasteiger partial charge in [0.05, 0.1) is 11.9 Å². The fraction of sp³-hybridized carbons (Fsp3) is 0.538. The van der Waals surface area contributed by atoms with Crippen LogP contribution in [-0.4, -0.2) is 10.2 Å². The van der Waals surface area contributed by atoms with E-state index in [2.05, 4.69) is 43.1 Å². The summed E-state index contributed by atoms with van der Waals surface area (Å²) in [7, 11) is 0. The fourth-order valence-corrected chi connectivity index (χ4v) is 1.92. The minimum Gasteiger partial charge on any atom is -0.158 e. The number of hydrogen-bond donors (Lipinski definition) is 0. The van der Waals surface area contributed by atoms with Crippen molar-refractivity contribution >= 4 is 12.2 Å². The Morgan fingerprint density at radius 1 is 1.27 bits per heavy atom. The van der Waals surface area contributed by atoms with Crippen LogP contribution in [0.15, 0.2) is 6.20 Å². The highest BCUT2D eigenvalue weighted by molar-refractivity contribution is 5.39. The molecule has 15 heavy (non-hydrogen) atoms. The molecule has 0 bridgehead atoms. The first-order valence-corrected chi connectivity index (χ1v) is 5.67. The lowest BCUT2D eigenvalue weighted by Crippen LogP contribution is -2.38. The Kier molecular flexibility index (Phi) is 2.59. The Morgan fingerprint density at radius 3 is 2.73 bits per heavy atom. The predicted molar refractivity (Wildman–Crippen MR) is 62.8 cm³/mol. The molecule has 0 spiro atoms. The Bertz CT molecular complexity index is 472. The number of hydrogen-bond acceptors (Lipinski definition) is 2. The molecule has 0 aliphatic heterocycles. The van der Waals surface area contributed by atoms with Crippen molar-refractivity contribution in [2.45, 2.75) is 45.4 Å². The zero-order chi connectivity index (χ0) is 10.9. The van der Waals surface area contributed by atoms with E-state index in [-0.39, 0.29) is 5.41 Å². The van der Waals surface area contributed by atoms with Crippen LogP contribution in [0.5, 0.6) is 0 Å². The van der Waals surface area contributed by atoms with Gasteiger partial charge in [0, 0.05) is 10.6 Å². The van der Waals surface area contributed by atoms with Gasteiger partial charge in [0.1, 0.15) is 0 Å². The van der Waals surface area contributed by atoms with E-state index in [1.165, 1.54) is 10.4 Å². The van der Waals surface area contributed by atoms with Crippen LogP contribution >= 0.6 is 0 Å². The average molecular weight is 202 g/mol. The highest BCUT2D eigenvalue weighted by Gasteiger charge is 2.22. The van der Waals surface area contributed by atoms with Gasteiger partial charge in [-0.2, -0.15) is 10.2 Å². The second-order valence-corrected chi connectivity index (χ2v) is 4.79. The van der Waals surface area contributed by atoms with Gasteiger partial charge in [0.2, 0.25) is 0 Å². The number of aromatic nitrogens is 2. The second-order valence-electron chi connectivity index (χ2n) is 4.79. The van der Waals surface area contributed by atoms with Gasteiger partial charge in [-0.1, -0.05) is 32.9 Å². The van der Waals surface area contributed by atoms with Crippen molar-refractivity contribution in [2.75, 3.05) is 0 Å². The first kappa shape index (κ1) is 10.3. The quantitative estimate of drug-likeness (QED) is 0.726. The van der Waals surface area contributed by atoms with Crippen LogP contribution in [0, 0.1) is 0 Å². The largest absolute Gasteiger partial charge is 0.158 e. The van der Waals surface area contributed by atoms with Crippen molar-refractivity contribution in [2.24, 2.45) is 0 Å². The van der Waals surface area contributed by atoms with E-state index in [1.54, 1.807) is 0 Å². The summed E-state index contributed by atoms with van der Waals surface area (Å²) < 4.78 is 0. The van der Waals surface area contributed by atoms with Gasteiger partial charge in [0.15, 0.2) is 0 Å². The Labute approximate surface area is 90.7 Å². The molecule has 1 aliphatic rings. The molecule has 0 saturated heterocycles. The van der Waals surface area contributed by atoms with Gasteiger partial charge in [-0.3, -0.25) is 0 Å². The summed E-state index contributed by atoms with van der Waals surface area (Å²) >= 11 is 0. The van der Waals surface area contributed by atoms with Gasteiger partial charge in [-0.05, 0) is 24.5 Å². The van der Waals surface area contributed by atoms with Crippen LogP contribution in [0.1, 0.15) is 45.7 Å². The van der Waals surface area contributed by atoms with Gasteiger partial charge in [0.25, 0.3) is 0 Å². The first-order chi connectivity index (χ1) is 7.15. The van der Waals surface area contributed by atoms with Crippen LogP contribution in [0.4, 0.5) is 0 Å². The SMILES string of the molecule is CCC(C)(C)c1nncc2c1=CCCC=2. The molecular weight excluding hydrogens is 184 g/mol. The molecule has 80 valence electrons. The normalized spacial score (nSPS) is 15.1. The molecule has 0 saturated carbocycles. The minimum atomic E-state index is 0.125. The average Bonchev–Trinajstić information content (AvgIpc) is 2.28. The van der Waals surface area contributed by atoms with Gasteiger partial charge in [-0.15, -0.1) is 0 Å². The molecular formula is C13H18N2. The maximum absolute atomic E-state index is 4.33. The van der Waals surface area contributed by atoms with E-state index in [0.29, 0.717) is 0 Å². The summed E-state index contributed by atoms with van der Waals surface area (Å²) in [5, 5.41) is 11.0. The van der Waals surface area contributed by atoms with Crippen molar-refractivity contribution < 1.29 is 0 Å². The molecule has 0 atom stereocenters. The van der Waals surface area contributed by atoms with Crippen molar-refractivity contribution in [3.63, 3.8) is 0 Å². The van der Waals surface area contributed by atoms with E-state index in [4.69, 9.17) is 0 Å². The molecule has 2 nitrogen and oxygen atoms in total. The smallest absolute Gasteiger partial charge is 0.0761 e. The summed E-state index contributed by atoms with van der Waals surface area (Å²) in [5.41, 5.74) is 1.28. The van der Waals surface area contributed by atoms with Crippen molar-refractivity contribution in [3.05, 3.63) is 22.3 Å². The Morgan fingerprint density at radius 2 is 2.00 bits per heavy atom. The Balaban J connectivity index is 2.70. The molecule has 0 fully saturated rings. The standard InChI is InChI=1S/C13H18N2/c1-4-13(2,3)12-11-8-6-5-7-10(11)9-14-15-12/h7-9H,4-6H2,1-3H3. The van der Waals surface area contributed by atoms with E-state index >= 15 is 0 Å². The van der Waals surface area contributed by atoms with Gasteiger partial charge >= 0.3 is 0 Å². The zero-order valence-electron chi connectivity index (χ0n) is 9.75. The highest BCUT2D eigenvalue weighted by atomic mass is 15.1. The van der Waals surface area contributed by atoms with Crippen LogP contribution < -0.4 is 10.4 Å². The second kappa shape index (κ2) is 3.76.